The Labute approximate surface area is 328 Å². The maximum atomic E-state index is 5.31. The van der Waals surface area contributed by atoms with Gasteiger partial charge in [-0.05, 0) is 87.9 Å². The summed E-state index contributed by atoms with van der Waals surface area (Å²) in [5.41, 5.74) is 11.5. The molecule has 56 heavy (non-hydrogen) atoms. The fraction of sp³-hybridized carbons (Fsp3) is 0.0196. The number of para-hydroxylation sites is 1. The van der Waals surface area contributed by atoms with Crippen LogP contribution in [0.5, 0.6) is 0 Å². The maximum absolute atomic E-state index is 5.31. The van der Waals surface area contributed by atoms with Crippen LogP contribution in [-0.4, -0.2) is 16.2 Å². The van der Waals surface area contributed by atoms with E-state index < -0.39 is 0 Å². The number of hydrogen-bond donors (Lipinski definition) is 2. The van der Waals surface area contributed by atoms with Gasteiger partial charge in [0.15, 0.2) is 6.17 Å². The maximum Gasteiger partial charge on any atom is 0.328 e. The van der Waals surface area contributed by atoms with Gasteiger partial charge in [-0.2, -0.15) is 0 Å². The highest BCUT2D eigenvalue weighted by atomic mass is 32.1. The summed E-state index contributed by atoms with van der Waals surface area (Å²) in [5.74, 6) is 1.68. The zero-order chi connectivity index (χ0) is 37.0. The van der Waals surface area contributed by atoms with E-state index in [4.69, 9.17) is 4.99 Å². The molecule has 1 aliphatic heterocycles. The lowest BCUT2D eigenvalue weighted by molar-refractivity contribution is -0.516. The fourth-order valence-electron chi connectivity index (χ4n) is 8.28. The molecule has 0 radical (unpaired) electrons. The second kappa shape index (κ2) is 13.3. The van der Waals surface area contributed by atoms with Crippen LogP contribution >= 0.6 is 11.3 Å². The largest absolute Gasteiger partial charge is 0.328 e. The number of fused-ring (bicyclic) bond motifs is 6. The van der Waals surface area contributed by atoms with Crippen LogP contribution in [0.3, 0.4) is 0 Å². The van der Waals surface area contributed by atoms with Gasteiger partial charge in [-0.15, -0.1) is 11.3 Å². The molecule has 2 N–H and O–H groups in total. The van der Waals surface area contributed by atoms with Crippen molar-refractivity contribution in [3.05, 3.63) is 211 Å². The standard InChI is InChI=1S/C51H34N4S/c1-4-14-33(15-5-1)35-27-29-44-43(31-35)48-40(23-13-24-45(48)55(44)39-20-8-3-9-21-39)36-18-12-19-37(30-36)50-52-49(34-16-6-2-7-17-34)53-51(54-50)38-26-28-42-41-22-10-11-25-46(41)56-47(42)32-38/h1-32,49H,(H,52,53,54)/p+1. The first-order valence-corrected chi connectivity index (χ1v) is 19.8. The van der Waals surface area contributed by atoms with Crippen LogP contribution < -0.4 is 10.3 Å². The van der Waals surface area contributed by atoms with E-state index in [-0.39, 0.29) is 6.17 Å². The molecule has 1 aliphatic rings. The van der Waals surface area contributed by atoms with Crippen LogP contribution in [0, 0.1) is 0 Å². The Hall–Kier alpha value is -7.08. The van der Waals surface area contributed by atoms with E-state index in [1.165, 1.54) is 58.7 Å². The van der Waals surface area contributed by atoms with Crippen molar-refractivity contribution in [1.29, 1.82) is 0 Å². The number of nitrogens with one attached hydrogen (secondary N) is 2. The third kappa shape index (κ3) is 5.52. The van der Waals surface area contributed by atoms with Crippen LogP contribution in [0.4, 0.5) is 0 Å². The minimum absolute atomic E-state index is 0.163. The molecule has 4 nitrogen and oxygen atoms in total. The van der Waals surface area contributed by atoms with E-state index >= 15 is 0 Å². The number of amidine groups is 2. The van der Waals surface area contributed by atoms with Crippen molar-refractivity contribution in [2.24, 2.45) is 4.99 Å². The number of rotatable bonds is 6. The number of benzene rings is 8. The first-order valence-electron chi connectivity index (χ1n) is 19.0. The highest BCUT2D eigenvalue weighted by Gasteiger charge is 2.28. The van der Waals surface area contributed by atoms with Gasteiger partial charge >= 0.3 is 5.84 Å². The van der Waals surface area contributed by atoms with Gasteiger partial charge in [0.25, 0.3) is 5.84 Å². The SMILES string of the molecule is c1ccc(-c2ccc3c(c2)c2c(-c4cccc(C5=NC(c6ccc7c(c6)sc6ccccc67)=[NH+]C(c6ccccc6)N5)c4)cccc2n3-c2ccccc2)cc1. The summed E-state index contributed by atoms with van der Waals surface area (Å²) >= 11 is 1.83. The summed E-state index contributed by atoms with van der Waals surface area (Å²) in [5, 5.41) is 8.78. The average Bonchev–Trinajstić information content (AvgIpc) is 3.82. The molecule has 5 heteroatoms. The molecule has 0 aliphatic carbocycles. The Morgan fingerprint density at radius 3 is 2.04 bits per heavy atom. The molecule has 0 spiro atoms. The van der Waals surface area contributed by atoms with E-state index in [1.807, 2.05) is 11.3 Å². The van der Waals surface area contributed by atoms with Crippen molar-refractivity contribution >= 4 is 65.0 Å². The zero-order valence-corrected chi connectivity index (χ0v) is 31.2. The summed E-state index contributed by atoms with van der Waals surface area (Å²) in [7, 11) is 0. The lowest BCUT2D eigenvalue weighted by Gasteiger charge is -2.18. The molecule has 8 aromatic carbocycles. The van der Waals surface area contributed by atoms with Crippen LogP contribution in [0.15, 0.2) is 199 Å². The lowest BCUT2D eigenvalue weighted by atomic mass is 9.96. The van der Waals surface area contributed by atoms with Gasteiger partial charge in [-0.1, -0.05) is 133 Å². The van der Waals surface area contributed by atoms with Crippen LogP contribution in [-0.2, 0) is 0 Å². The number of nitrogens with zero attached hydrogens (tertiary/aromatic N) is 2. The predicted molar refractivity (Wildman–Crippen MR) is 235 cm³/mol. The van der Waals surface area contributed by atoms with E-state index in [0.717, 1.165) is 39.6 Å². The van der Waals surface area contributed by atoms with Crippen molar-refractivity contribution in [3.63, 3.8) is 0 Å². The van der Waals surface area contributed by atoms with Crippen LogP contribution in [0.25, 0.3) is 69.9 Å². The third-order valence-corrected chi connectivity index (χ3v) is 12.1. The van der Waals surface area contributed by atoms with Gasteiger partial charge in [0.2, 0.25) is 0 Å². The second-order valence-electron chi connectivity index (χ2n) is 14.3. The molecule has 1 unspecified atom stereocenters. The topological polar surface area (TPSA) is 43.3 Å². The minimum Gasteiger partial charge on any atom is -0.309 e. The van der Waals surface area contributed by atoms with Gasteiger partial charge < -0.3 is 9.88 Å². The Morgan fingerprint density at radius 1 is 0.482 bits per heavy atom. The molecule has 11 rings (SSSR count). The van der Waals surface area contributed by atoms with Crippen molar-refractivity contribution in [1.82, 2.24) is 9.88 Å². The Morgan fingerprint density at radius 2 is 1.18 bits per heavy atom. The Balaban J connectivity index is 1.07. The van der Waals surface area contributed by atoms with Gasteiger partial charge in [0.05, 0.1) is 16.6 Å². The number of aromatic nitrogens is 1. The molecule has 264 valence electrons. The summed E-state index contributed by atoms with van der Waals surface area (Å²) in [6, 6.07) is 69.6. The molecular formula is C51H35N4S+. The monoisotopic (exact) mass is 735 g/mol. The predicted octanol–water partition coefficient (Wildman–Crippen LogP) is 11.1. The summed E-state index contributed by atoms with van der Waals surface area (Å²) < 4.78 is 4.94. The summed E-state index contributed by atoms with van der Waals surface area (Å²) in [4.78, 5) is 9.04. The fourth-order valence-corrected chi connectivity index (χ4v) is 9.42. The first-order chi connectivity index (χ1) is 27.7. The van der Waals surface area contributed by atoms with Gasteiger partial charge in [0.1, 0.15) is 0 Å². The zero-order valence-electron chi connectivity index (χ0n) is 30.4. The van der Waals surface area contributed by atoms with E-state index in [1.54, 1.807) is 0 Å². The first kappa shape index (κ1) is 32.4. The minimum atomic E-state index is -0.163. The average molecular weight is 736 g/mol. The highest BCUT2D eigenvalue weighted by Crippen LogP contribution is 2.40. The molecule has 0 fully saturated rings. The van der Waals surface area contributed by atoms with Crippen molar-refractivity contribution in [2.75, 3.05) is 0 Å². The molecular weight excluding hydrogens is 701 g/mol. The van der Waals surface area contributed by atoms with Gasteiger partial charge in [0, 0.05) is 47.8 Å². The van der Waals surface area contributed by atoms with Crippen molar-refractivity contribution in [3.8, 4) is 27.9 Å². The molecule has 2 aromatic heterocycles. The van der Waals surface area contributed by atoms with Gasteiger partial charge in [-0.25, -0.2) is 4.99 Å². The molecule has 0 bridgehead atoms. The van der Waals surface area contributed by atoms with Crippen LogP contribution in [0.2, 0.25) is 0 Å². The normalized spacial score (nSPS) is 14.2. The molecule has 3 heterocycles. The van der Waals surface area contributed by atoms with E-state index in [2.05, 4.69) is 209 Å². The van der Waals surface area contributed by atoms with Crippen molar-refractivity contribution in [2.45, 2.75) is 6.17 Å². The number of aliphatic imine (C=N–C) groups is 1. The lowest BCUT2D eigenvalue weighted by Crippen LogP contribution is -2.80. The molecule has 0 saturated heterocycles. The quantitative estimate of drug-likeness (QED) is 0.175. The van der Waals surface area contributed by atoms with E-state index in [9.17, 15) is 0 Å². The Bertz CT molecular complexity index is 3160. The Kier molecular flexibility index (Phi) is 7.71. The molecule has 1 atom stereocenters. The van der Waals surface area contributed by atoms with Crippen molar-refractivity contribution < 1.29 is 4.99 Å². The van der Waals surface area contributed by atoms with E-state index in [0.29, 0.717) is 0 Å². The number of thiophene rings is 1. The smallest absolute Gasteiger partial charge is 0.309 e. The summed E-state index contributed by atoms with van der Waals surface area (Å²) in [6.45, 7) is 0. The number of hydrogen-bond acceptors (Lipinski definition) is 3. The summed E-state index contributed by atoms with van der Waals surface area (Å²) in [6.07, 6.45) is -0.163. The molecule has 10 aromatic rings. The van der Waals surface area contributed by atoms with Gasteiger partial charge in [-0.3, -0.25) is 0 Å². The molecule has 0 amide bonds. The molecule has 0 saturated carbocycles. The second-order valence-corrected chi connectivity index (χ2v) is 15.4. The third-order valence-electron chi connectivity index (χ3n) is 10.9. The van der Waals surface area contributed by atoms with Crippen LogP contribution in [0.1, 0.15) is 22.9 Å². The highest BCUT2D eigenvalue weighted by molar-refractivity contribution is 7.25.